The van der Waals surface area contributed by atoms with E-state index in [0.717, 1.165) is 25.1 Å². The first-order chi connectivity index (χ1) is 16.3. The SMILES string of the molecule is CNC(=O)c1nc(-c2cccc(C(=O)N[C@@H]3CCN(Cc4ccc(Cl)cc4Cl)C3)c2)cnc1N. The van der Waals surface area contributed by atoms with Crippen molar-refractivity contribution in [2.45, 2.75) is 19.0 Å². The number of likely N-dealkylation sites (tertiary alicyclic amines) is 1. The lowest BCUT2D eigenvalue weighted by Crippen LogP contribution is -2.37. The summed E-state index contributed by atoms with van der Waals surface area (Å²) in [6.07, 6.45) is 2.32. The van der Waals surface area contributed by atoms with Gasteiger partial charge in [0.2, 0.25) is 0 Å². The van der Waals surface area contributed by atoms with Crippen LogP contribution in [0, 0.1) is 0 Å². The van der Waals surface area contributed by atoms with Gasteiger partial charge < -0.3 is 16.4 Å². The van der Waals surface area contributed by atoms with Crippen LogP contribution in [0.2, 0.25) is 10.0 Å². The number of amides is 2. The van der Waals surface area contributed by atoms with Gasteiger partial charge in [-0.05, 0) is 36.2 Å². The third-order valence-corrected chi connectivity index (χ3v) is 6.27. The molecule has 1 fully saturated rings. The average Bonchev–Trinajstić information content (AvgIpc) is 3.27. The summed E-state index contributed by atoms with van der Waals surface area (Å²) >= 11 is 12.3. The molecule has 3 aromatic rings. The van der Waals surface area contributed by atoms with Gasteiger partial charge in [0.1, 0.15) is 0 Å². The molecule has 2 aromatic carbocycles. The van der Waals surface area contributed by atoms with E-state index in [0.29, 0.717) is 33.4 Å². The van der Waals surface area contributed by atoms with Crippen LogP contribution >= 0.6 is 23.2 Å². The minimum atomic E-state index is -0.425. The lowest BCUT2D eigenvalue weighted by atomic mass is 10.1. The number of benzene rings is 2. The van der Waals surface area contributed by atoms with E-state index in [4.69, 9.17) is 28.9 Å². The third kappa shape index (κ3) is 5.47. The number of nitrogens with two attached hydrogens (primary N) is 1. The number of anilines is 1. The summed E-state index contributed by atoms with van der Waals surface area (Å²) in [7, 11) is 1.50. The molecule has 4 rings (SSSR count). The van der Waals surface area contributed by atoms with Crippen LogP contribution in [0.5, 0.6) is 0 Å². The van der Waals surface area contributed by atoms with Crippen LogP contribution in [0.1, 0.15) is 32.8 Å². The van der Waals surface area contributed by atoms with Crippen LogP contribution in [-0.4, -0.2) is 52.9 Å². The molecular weight excluding hydrogens is 475 g/mol. The zero-order valence-electron chi connectivity index (χ0n) is 18.5. The quantitative estimate of drug-likeness (QED) is 0.479. The Morgan fingerprint density at radius 1 is 1.18 bits per heavy atom. The van der Waals surface area contributed by atoms with E-state index in [9.17, 15) is 9.59 Å². The zero-order chi connectivity index (χ0) is 24.2. The number of aromatic nitrogens is 2. The predicted octanol–water partition coefficient (Wildman–Crippen LogP) is 3.40. The Morgan fingerprint density at radius 3 is 2.76 bits per heavy atom. The first-order valence-electron chi connectivity index (χ1n) is 10.8. The number of carbonyl (C=O) groups excluding carboxylic acids is 2. The van der Waals surface area contributed by atoms with E-state index >= 15 is 0 Å². The van der Waals surface area contributed by atoms with Crippen LogP contribution in [0.4, 0.5) is 5.82 Å². The molecule has 0 unspecified atom stereocenters. The first-order valence-corrected chi connectivity index (χ1v) is 11.5. The second kappa shape index (κ2) is 10.4. The first kappa shape index (κ1) is 23.9. The van der Waals surface area contributed by atoms with E-state index in [1.165, 1.54) is 13.2 Å². The number of nitrogen functional groups attached to an aromatic ring is 1. The maximum Gasteiger partial charge on any atom is 0.273 e. The molecule has 8 nitrogen and oxygen atoms in total. The fourth-order valence-corrected chi connectivity index (χ4v) is 4.36. The lowest BCUT2D eigenvalue weighted by molar-refractivity contribution is 0.0934. The van der Waals surface area contributed by atoms with Crippen LogP contribution in [0.3, 0.4) is 0 Å². The molecule has 2 amide bonds. The van der Waals surface area contributed by atoms with Crippen molar-refractivity contribution >= 4 is 40.8 Å². The van der Waals surface area contributed by atoms with Crippen LogP contribution in [-0.2, 0) is 6.54 Å². The molecular formula is C24H24Cl2N6O2. The summed E-state index contributed by atoms with van der Waals surface area (Å²) in [4.78, 5) is 35.6. The van der Waals surface area contributed by atoms with Crippen molar-refractivity contribution in [1.29, 1.82) is 0 Å². The number of rotatable bonds is 6. The largest absolute Gasteiger partial charge is 0.382 e. The second-order valence-corrected chi connectivity index (χ2v) is 8.92. The van der Waals surface area contributed by atoms with Gasteiger partial charge in [-0.25, -0.2) is 9.97 Å². The molecule has 176 valence electrons. The van der Waals surface area contributed by atoms with Gasteiger partial charge in [0.25, 0.3) is 11.8 Å². The normalized spacial score (nSPS) is 15.8. The Bertz CT molecular complexity index is 1240. The number of hydrogen-bond acceptors (Lipinski definition) is 6. The van der Waals surface area contributed by atoms with Gasteiger partial charge in [-0.3, -0.25) is 14.5 Å². The highest BCUT2D eigenvalue weighted by molar-refractivity contribution is 6.35. The van der Waals surface area contributed by atoms with Crippen molar-refractivity contribution in [1.82, 2.24) is 25.5 Å². The molecule has 0 spiro atoms. The smallest absolute Gasteiger partial charge is 0.273 e. The third-order valence-electron chi connectivity index (χ3n) is 5.68. The topological polar surface area (TPSA) is 113 Å². The number of nitrogens with zero attached hydrogens (tertiary/aromatic N) is 3. The highest BCUT2D eigenvalue weighted by Gasteiger charge is 2.25. The van der Waals surface area contributed by atoms with E-state index in [2.05, 4.69) is 25.5 Å². The average molecular weight is 499 g/mol. The van der Waals surface area contributed by atoms with Crippen molar-refractivity contribution in [2.75, 3.05) is 25.9 Å². The highest BCUT2D eigenvalue weighted by Crippen LogP contribution is 2.24. The van der Waals surface area contributed by atoms with Gasteiger partial charge in [-0.15, -0.1) is 0 Å². The highest BCUT2D eigenvalue weighted by atomic mass is 35.5. The molecule has 2 heterocycles. The predicted molar refractivity (Wildman–Crippen MR) is 133 cm³/mol. The monoisotopic (exact) mass is 498 g/mol. The molecule has 0 radical (unpaired) electrons. The molecule has 1 aromatic heterocycles. The van der Waals surface area contributed by atoms with Crippen molar-refractivity contribution < 1.29 is 9.59 Å². The van der Waals surface area contributed by atoms with Crippen molar-refractivity contribution in [2.24, 2.45) is 0 Å². The Balaban J connectivity index is 1.42. The van der Waals surface area contributed by atoms with Crippen molar-refractivity contribution in [3.63, 3.8) is 0 Å². The Hall–Kier alpha value is -3.20. The molecule has 10 heteroatoms. The number of nitrogens with one attached hydrogen (secondary N) is 2. The van der Waals surface area contributed by atoms with E-state index < -0.39 is 5.91 Å². The maximum absolute atomic E-state index is 12.9. The van der Waals surface area contributed by atoms with Gasteiger partial charge >= 0.3 is 0 Å². The number of carbonyl (C=O) groups is 2. The summed E-state index contributed by atoms with van der Waals surface area (Å²) in [5.74, 6) is -0.553. The maximum atomic E-state index is 12.9. The van der Waals surface area contributed by atoms with Gasteiger partial charge in [-0.2, -0.15) is 0 Å². The molecule has 0 bridgehead atoms. The lowest BCUT2D eigenvalue weighted by Gasteiger charge is -2.18. The second-order valence-electron chi connectivity index (χ2n) is 8.08. The molecule has 1 aliphatic heterocycles. The van der Waals surface area contributed by atoms with Crippen molar-refractivity contribution in [3.05, 3.63) is 75.5 Å². The zero-order valence-corrected chi connectivity index (χ0v) is 20.0. The molecule has 34 heavy (non-hydrogen) atoms. The molecule has 1 aliphatic rings. The number of halogens is 2. The summed E-state index contributed by atoms with van der Waals surface area (Å²) in [6, 6.07) is 12.6. The van der Waals surface area contributed by atoms with Gasteiger partial charge in [0, 0.05) is 53.9 Å². The Labute approximate surface area is 207 Å². The summed E-state index contributed by atoms with van der Waals surface area (Å²) in [5, 5.41) is 6.85. The molecule has 1 atom stereocenters. The number of hydrogen-bond donors (Lipinski definition) is 3. The summed E-state index contributed by atoms with van der Waals surface area (Å²) in [6.45, 7) is 2.28. The molecule has 1 saturated heterocycles. The summed E-state index contributed by atoms with van der Waals surface area (Å²) < 4.78 is 0. The van der Waals surface area contributed by atoms with Crippen LogP contribution in [0.25, 0.3) is 11.3 Å². The van der Waals surface area contributed by atoms with E-state index in [-0.39, 0.29) is 23.5 Å². The Kier molecular flexibility index (Phi) is 7.31. The Morgan fingerprint density at radius 2 is 2.00 bits per heavy atom. The van der Waals surface area contributed by atoms with E-state index in [1.807, 2.05) is 12.1 Å². The minimum Gasteiger partial charge on any atom is -0.382 e. The molecule has 0 saturated carbocycles. The molecule has 0 aliphatic carbocycles. The summed E-state index contributed by atoms with van der Waals surface area (Å²) in [5.41, 5.74) is 8.43. The van der Waals surface area contributed by atoms with E-state index in [1.54, 1.807) is 30.3 Å². The fourth-order valence-electron chi connectivity index (χ4n) is 3.90. The van der Waals surface area contributed by atoms with Crippen LogP contribution < -0.4 is 16.4 Å². The van der Waals surface area contributed by atoms with Crippen molar-refractivity contribution in [3.8, 4) is 11.3 Å². The van der Waals surface area contributed by atoms with Gasteiger partial charge in [0.05, 0.1) is 11.9 Å². The van der Waals surface area contributed by atoms with Gasteiger partial charge in [-0.1, -0.05) is 41.4 Å². The standard InChI is InChI=1S/C24H24Cl2N6O2/c1-28-24(34)21-22(27)29-11-20(31-21)14-3-2-4-15(9-14)23(33)30-18-7-8-32(13-18)12-16-5-6-17(25)10-19(16)26/h2-6,9-11,18H,7-8,12-13H2,1H3,(H2,27,29)(H,28,34)(H,30,33)/t18-/m1/s1. The molecule has 4 N–H and O–H groups in total. The van der Waals surface area contributed by atoms with Crippen LogP contribution in [0.15, 0.2) is 48.7 Å². The van der Waals surface area contributed by atoms with Gasteiger partial charge in [0.15, 0.2) is 11.5 Å². The minimum absolute atomic E-state index is 0.0263. The fraction of sp³-hybridized carbons (Fsp3) is 0.250.